The highest BCUT2D eigenvalue weighted by atomic mass is 19.1. The lowest BCUT2D eigenvalue weighted by molar-refractivity contribution is 0.0957. The van der Waals surface area contributed by atoms with Crippen LogP contribution in [-0.2, 0) is 6.54 Å². The number of halogens is 1. The maximum absolute atomic E-state index is 14.4. The molecule has 0 aromatic carbocycles. The predicted molar refractivity (Wildman–Crippen MR) is 114 cm³/mol. The zero-order chi connectivity index (χ0) is 21.8. The van der Waals surface area contributed by atoms with E-state index >= 15 is 0 Å². The monoisotopic (exact) mass is 427 g/mol. The Morgan fingerprint density at radius 3 is 2.61 bits per heavy atom. The minimum atomic E-state index is -0.635. The molecule has 1 aliphatic carbocycles. The van der Waals surface area contributed by atoms with Crippen molar-refractivity contribution in [2.45, 2.75) is 25.4 Å². The van der Waals surface area contributed by atoms with Crippen molar-refractivity contribution in [3.63, 3.8) is 0 Å². The van der Waals surface area contributed by atoms with Gasteiger partial charge in [-0.3, -0.25) is 15.0 Å². The van der Waals surface area contributed by atoms with E-state index in [0.29, 0.717) is 37.2 Å². The third-order valence-corrected chi connectivity index (χ3v) is 5.39. The zero-order valence-electron chi connectivity index (χ0n) is 17.4. The highest BCUT2D eigenvalue weighted by Gasteiger charge is 2.24. The first-order valence-electron chi connectivity index (χ1n) is 10.4. The van der Waals surface area contributed by atoms with Gasteiger partial charge < -0.3 is 15.5 Å². The SMILES string of the molecule is CNC(=O)c1ccc(N2CCN(Cc3ccnc(NC(=O)NC4CC4)c3)CC2)c(F)n1. The smallest absolute Gasteiger partial charge is 0.320 e. The second kappa shape index (κ2) is 9.25. The van der Waals surface area contributed by atoms with Crippen LogP contribution in [0.3, 0.4) is 0 Å². The first-order valence-corrected chi connectivity index (χ1v) is 10.4. The maximum atomic E-state index is 14.4. The maximum Gasteiger partial charge on any atom is 0.320 e. The zero-order valence-corrected chi connectivity index (χ0v) is 17.4. The normalized spacial score (nSPS) is 16.6. The van der Waals surface area contributed by atoms with Crippen molar-refractivity contribution >= 4 is 23.4 Å². The molecule has 0 spiro atoms. The molecule has 4 rings (SSSR count). The third kappa shape index (κ3) is 5.46. The van der Waals surface area contributed by atoms with Gasteiger partial charge in [-0.2, -0.15) is 4.39 Å². The number of nitrogens with zero attached hydrogens (tertiary/aromatic N) is 4. The van der Waals surface area contributed by atoms with Gasteiger partial charge in [-0.1, -0.05) is 0 Å². The molecule has 3 amide bonds. The molecule has 2 fully saturated rings. The van der Waals surface area contributed by atoms with E-state index in [1.807, 2.05) is 17.0 Å². The van der Waals surface area contributed by atoms with Gasteiger partial charge in [0.2, 0.25) is 5.95 Å². The largest absolute Gasteiger partial charge is 0.365 e. The highest BCUT2D eigenvalue weighted by molar-refractivity contribution is 5.92. The number of hydrogen-bond donors (Lipinski definition) is 3. The number of pyridine rings is 2. The van der Waals surface area contributed by atoms with Crippen molar-refractivity contribution in [3.8, 4) is 0 Å². The van der Waals surface area contributed by atoms with Gasteiger partial charge in [0.15, 0.2) is 0 Å². The summed E-state index contributed by atoms with van der Waals surface area (Å²) in [5.41, 5.74) is 1.52. The van der Waals surface area contributed by atoms with Crippen LogP contribution in [0.5, 0.6) is 0 Å². The summed E-state index contributed by atoms with van der Waals surface area (Å²) in [6, 6.07) is 7.01. The number of urea groups is 1. The van der Waals surface area contributed by atoms with Crippen LogP contribution >= 0.6 is 0 Å². The van der Waals surface area contributed by atoms with Crippen LogP contribution in [0.15, 0.2) is 30.5 Å². The lowest BCUT2D eigenvalue weighted by atomic mass is 10.2. The molecular formula is C21H26FN7O2. The molecule has 0 atom stereocenters. The molecule has 0 radical (unpaired) electrons. The summed E-state index contributed by atoms with van der Waals surface area (Å²) in [6.45, 7) is 3.52. The number of nitrogens with one attached hydrogen (secondary N) is 3. The van der Waals surface area contributed by atoms with Gasteiger partial charge in [0.25, 0.3) is 5.91 Å². The van der Waals surface area contributed by atoms with Gasteiger partial charge in [0.05, 0.1) is 5.69 Å². The lowest BCUT2D eigenvalue weighted by Gasteiger charge is -2.36. The molecule has 1 saturated carbocycles. The minimum absolute atomic E-state index is 0.0651. The van der Waals surface area contributed by atoms with E-state index in [4.69, 9.17) is 0 Å². The molecule has 2 aromatic heterocycles. The van der Waals surface area contributed by atoms with Gasteiger partial charge >= 0.3 is 6.03 Å². The van der Waals surface area contributed by atoms with Crippen LogP contribution in [0, 0.1) is 5.95 Å². The molecule has 0 unspecified atom stereocenters. The summed E-state index contributed by atoms with van der Waals surface area (Å²) in [7, 11) is 1.49. The summed E-state index contributed by atoms with van der Waals surface area (Å²) >= 11 is 0. The predicted octanol–water partition coefficient (Wildman–Crippen LogP) is 1.58. The highest BCUT2D eigenvalue weighted by Crippen LogP contribution is 2.21. The Morgan fingerprint density at radius 2 is 1.94 bits per heavy atom. The van der Waals surface area contributed by atoms with Crippen molar-refractivity contribution in [2.24, 2.45) is 0 Å². The van der Waals surface area contributed by atoms with Crippen molar-refractivity contribution in [2.75, 3.05) is 43.4 Å². The molecule has 2 aromatic rings. The summed E-state index contributed by atoms with van der Waals surface area (Å²) in [4.78, 5) is 35.7. The minimum Gasteiger partial charge on any atom is -0.365 e. The van der Waals surface area contributed by atoms with Crippen molar-refractivity contribution in [1.29, 1.82) is 0 Å². The molecule has 9 nitrogen and oxygen atoms in total. The van der Waals surface area contributed by atoms with E-state index in [1.165, 1.54) is 13.1 Å². The number of amides is 3. The Hall–Kier alpha value is -3.27. The summed E-state index contributed by atoms with van der Waals surface area (Å²) in [5, 5.41) is 8.10. The van der Waals surface area contributed by atoms with Crippen molar-refractivity contribution in [1.82, 2.24) is 25.5 Å². The van der Waals surface area contributed by atoms with Gasteiger partial charge in [-0.25, -0.2) is 14.8 Å². The fourth-order valence-corrected chi connectivity index (χ4v) is 3.53. The summed E-state index contributed by atoms with van der Waals surface area (Å²) < 4.78 is 14.4. The Balaban J connectivity index is 1.30. The van der Waals surface area contributed by atoms with Gasteiger partial charge in [0, 0.05) is 52.0 Å². The second-order valence-electron chi connectivity index (χ2n) is 7.77. The fourth-order valence-electron chi connectivity index (χ4n) is 3.53. The molecule has 3 heterocycles. The van der Waals surface area contributed by atoms with E-state index in [0.717, 1.165) is 31.5 Å². The number of carbonyl (C=O) groups excluding carboxylic acids is 2. The number of rotatable bonds is 6. The number of carbonyl (C=O) groups is 2. The third-order valence-electron chi connectivity index (χ3n) is 5.39. The van der Waals surface area contributed by atoms with E-state index in [9.17, 15) is 14.0 Å². The molecule has 10 heteroatoms. The van der Waals surface area contributed by atoms with Gasteiger partial charge in [-0.15, -0.1) is 0 Å². The molecule has 1 saturated heterocycles. The average Bonchev–Trinajstić information content (AvgIpc) is 3.58. The quantitative estimate of drug-likeness (QED) is 0.605. The van der Waals surface area contributed by atoms with E-state index in [-0.39, 0.29) is 11.7 Å². The second-order valence-corrected chi connectivity index (χ2v) is 7.77. The van der Waals surface area contributed by atoms with Gasteiger partial charge in [-0.05, 0) is 42.7 Å². The Kier molecular flexibility index (Phi) is 6.26. The molecule has 164 valence electrons. The standard InChI is InChI=1S/C21H26FN7O2/c1-23-20(30)16-4-5-17(19(22)26-16)29-10-8-28(9-11-29)13-14-6-7-24-18(12-14)27-21(31)25-15-2-3-15/h4-7,12,15H,2-3,8-11,13H2,1H3,(H,23,30)(H2,24,25,27,31). The Morgan fingerprint density at radius 1 is 1.16 bits per heavy atom. The van der Waals surface area contributed by atoms with Crippen LogP contribution in [0.1, 0.15) is 28.9 Å². The van der Waals surface area contributed by atoms with Crippen LogP contribution < -0.4 is 20.9 Å². The molecule has 1 aliphatic heterocycles. The Labute approximate surface area is 180 Å². The average molecular weight is 427 g/mol. The van der Waals surface area contributed by atoms with E-state index in [1.54, 1.807) is 12.3 Å². The number of hydrogen-bond acceptors (Lipinski definition) is 6. The van der Waals surface area contributed by atoms with Crippen molar-refractivity contribution < 1.29 is 14.0 Å². The molecule has 31 heavy (non-hydrogen) atoms. The van der Waals surface area contributed by atoms with Crippen LogP contribution in [0.25, 0.3) is 0 Å². The number of anilines is 2. The van der Waals surface area contributed by atoms with E-state index < -0.39 is 11.9 Å². The molecule has 2 aliphatic rings. The van der Waals surface area contributed by atoms with E-state index in [2.05, 4.69) is 30.8 Å². The number of piperazine rings is 1. The van der Waals surface area contributed by atoms with Crippen molar-refractivity contribution in [3.05, 3.63) is 47.7 Å². The first-order chi connectivity index (χ1) is 15.0. The van der Waals surface area contributed by atoms with Gasteiger partial charge in [0.1, 0.15) is 11.5 Å². The topological polar surface area (TPSA) is 102 Å². The van der Waals surface area contributed by atoms with Crippen LogP contribution in [0.4, 0.5) is 20.7 Å². The number of aromatic nitrogens is 2. The summed E-state index contributed by atoms with van der Waals surface area (Å²) in [6.07, 6.45) is 3.75. The van der Waals surface area contributed by atoms with Crippen LogP contribution in [0.2, 0.25) is 0 Å². The van der Waals surface area contributed by atoms with Crippen LogP contribution in [-0.4, -0.2) is 66.1 Å². The molecule has 3 N–H and O–H groups in total. The Bertz CT molecular complexity index is 958. The molecular weight excluding hydrogens is 401 g/mol. The lowest BCUT2D eigenvalue weighted by Crippen LogP contribution is -2.46. The summed E-state index contributed by atoms with van der Waals surface area (Å²) in [5.74, 6) is -0.519. The first kappa shape index (κ1) is 21.0. The molecule has 0 bridgehead atoms. The fraction of sp³-hybridized carbons (Fsp3) is 0.429.